The van der Waals surface area contributed by atoms with Gasteiger partial charge in [0.2, 0.25) is 0 Å². The van der Waals surface area contributed by atoms with Gasteiger partial charge in [-0.25, -0.2) is 0 Å². The Morgan fingerprint density at radius 2 is 1.86 bits per heavy atom. The van der Waals surface area contributed by atoms with Crippen molar-refractivity contribution in [2.24, 2.45) is 5.73 Å². The zero-order chi connectivity index (χ0) is 16.0. The van der Waals surface area contributed by atoms with Crippen LogP contribution in [-0.4, -0.2) is 38.0 Å². The molecule has 21 heavy (non-hydrogen) atoms. The number of nitrogens with two attached hydrogens (primary N) is 1. The summed E-state index contributed by atoms with van der Waals surface area (Å²) in [5, 5.41) is 9.89. The van der Waals surface area contributed by atoms with Crippen LogP contribution in [0.25, 0.3) is 0 Å². The van der Waals surface area contributed by atoms with Crippen molar-refractivity contribution in [1.29, 1.82) is 0 Å². The largest absolute Gasteiger partial charge is 0.507 e. The van der Waals surface area contributed by atoms with Crippen LogP contribution < -0.4 is 11.3 Å². The summed E-state index contributed by atoms with van der Waals surface area (Å²) >= 11 is 0. The van der Waals surface area contributed by atoms with Gasteiger partial charge in [-0.05, 0) is 40.5 Å². The molecule has 2 heterocycles. The molecule has 1 amide bonds. The van der Waals surface area contributed by atoms with Crippen molar-refractivity contribution in [3.05, 3.63) is 28.2 Å². The summed E-state index contributed by atoms with van der Waals surface area (Å²) in [5.41, 5.74) is 4.90. The van der Waals surface area contributed by atoms with Crippen LogP contribution in [0.4, 0.5) is 0 Å². The summed E-state index contributed by atoms with van der Waals surface area (Å²) in [6, 6.07) is 1.05. The standard InChI is InChI=1S/C15H23N3O3/c1-14(2)6-9(16)7-15(3,4)18(14)13(21)10-8-17-12(20)5-11(10)19/h5,8-9H,6-7,16H2,1-4H3,(H2,17,19,20). The average Bonchev–Trinajstić information content (AvgIpc) is 2.23. The maximum atomic E-state index is 12.9. The van der Waals surface area contributed by atoms with Crippen LogP contribution >= 0.6 is 0 Å². The zero-order valence-corrected chi connectivity index (χ0v) is 12.9. The minimum Gasteiger partial charge on any atom is -0.507 e. The van der Waals surface area contributed by atoms with Crippen molar-refractivity contribution in [3.63, 3.8) is 0 Å². The number of amides is 1. The van der Waals surface area contributed by atoms with Crippen LogP contribution in [0.1, 0.15) is 50.9 Å². The highest BCUT2D eigenvalue weighted by Gasteiger charge is 2.47. The molecule has 0 bridgehead atoms. The van der Waals surface area contributed by atoms with Gasteiger partial charge in [-0.2, -0.15) is 0 Å². The first-order chi connectivity index (χ1) is 9.54. The van der Waals surface area contributed by atoms with Crippen molar-refractivity contribution in [2.75, 3.05) is 0 Å². The lowest BCUT2D eigenvalue weighted by atomic mass is 9.77. The first-order valence-corrected chi connectivity index (χ1v) is 7.06. The van der Waals surface area contributed by atoms with Crippen LogP contribution in [0.2, 0.25) is 0 Å². The monoisotopic (exact) mass is 293 g/mol. The fourth-order valence-corrected chi connectivity index (χ4v) is 3.66. The smallest absolute Gasteiger partial charge is 0.259 e. The van der Waals surface area contributed by atoms with Gasteiger partial charge >= 0.3 is 0 Å². The number of hydrogen-bond donors (Lipinski definition) is 3. The molecule has 1 aromatic heterocycles. The number of aromatic hydroxyl groups is 1. The highest BCUT2D eigenvalue weighted by molar-refractivity contribution is 5.97. The SMILES string of the molecule is CC1(C)CC(N)CC(C)(C)N1C(=O)c1c[nH]c(=O)cc1O. The summed E-state index contributed by atoms with van der Waals surface area (Å²) in [4.78, 5) is 28.3. The maximum absolute atomic E-state index is 12.9. The van der Waals surface area contributed by atoms with Crippen molar-refractivity contribution < 1.29 is 9.90 Å². The van der Waals surface area contributed by atoms with Crippen LogP contribution in [0.5, 0.6) is 5.75 Å². The van der Waals surface area contributed by atoms with Crippen molar-refractivity contribution in [3.8, 4) is 5.75 Å². The van der Waals surface area contributed by atoms with Gasteiger partial charge in [0.25, 0.3) is 11.5 Å². The Hall–Kier alpha value is -1.82. The van der Waals surface area contributed by atoms with E-state index < -0.39 is 16.6 Å². The number of hydrogen-bond acceptors (Lipinski definition) is 4. The van der Waals surface area contributed by atoms with Crippen LogP contribution in [0.15, 0.2) is 17.1 Å². The number of nitrogens with zero attached hydrogens (tertiary/aromatic N) is 1. The number of carbonyl (C=O) groups excluding carboxylic acids is 1. The molecule has 1 saturated heterocycles. The van der Waals surface area contributed by atoms with Crippen LogP contribution in [-0.2, 0) is 0 Å². The molecule has 0 spiro atoms. The summed E-state index contributed by atoms with van der Waals surface area (Å²) < 4.78 is 0. The molecule has 0 saturated carbocycles. The van der Waals surface area contributed by atoms with Crippen LogP contribution in [0.3, 0.4) is 0 Å². The van der Waals surface area contributed by atoms with Gasteiger partial charge in [0, 0.05) is 29.4 Å². The lowest BCUT2D eigenvalue weighted by Gasteiger charge is -2.54. The van der Waals surface area contributed by atoms with Gasteiger partial charge in [0.1, 0.15) is 5.75 Å². The highest BCUT2D eigenvalue weighted by atomic mass is 16.3. The summed E-state index contributed by atoms with van der Waals surface area (Å²) in [6.07, 6.45) is 2.64. The molecule has 0 unspecified atom stereocenters. The Morgan fingerprint density at radius 3 is 2.33 bits per heavy atom. The van der Waals surface area contributed by atoms with Gasteiger partial charge in [0.05, 0.1) is 5.56 Å². The number of rotatable bonds is 1. The van der Waals surface area contributed by atoms with E-state index >= 15 is 0 Å². The number of likely N-dealkylation sites (tertiary alicyclic amines) is 1. The first kappa shape index (κ1) is 15.6. The molecule has 0 atom stereocenters. The second-order valence-electron chi connectivity index (χ2n) is 7.03. The summed E-state index contributed by atoms with van der Waals surface area (Å²) in [5.74, 6) is -0.601. The van der Waals surface area contributed by atoms with Gasteiger partial charge in [-0.15, -0.1) is 0 Å². The lowest BCUT2D eigenvalue weighted by molar-refractivity contribution is -0.0174. The normalized spacial score (nSPS) is 21.3. The van der Waals surface area contributed by atoms with Gasteiger partial charge < -0.3 is 20.7 Å². The molecule has 0 radical (unpaired) electrons. The minimum absolute atomic E-state index is 0.0308. The average molecular weight is 293 g/mol. The molecule has 2 rings (SSSR count). The second kappa shape index (κ2) is 4.87. The number of piperidine rings is 1. The number of carbonyl (C=O) groups is 1. The van der Waals surface area contributed by atoms with E-state index in [9.17, 15) is 14.7 Å². The molecule has 6 heteroatoms. The third-order valence-corrected chi connectivity index (χ3v) is 4.07. The number of aromatic nitrogens is 1. The van der Waals surface area contributed by atoms with E-state index in [1.165, 1.54) is 6.20 Å². The zero-order valence-electron chi connectivity index (χ0n) is 12.9. The van der Waals surface area contributed by atoms with E-state index in [1.807, 2.05) is 27.7 Å². The molecule has 0 aliphatic carbocycles. The van der Waals surface area contributed by atoms with E-state index in [-0.39, 0.29) is 23.3 Å². The van der Waals surface area contributed by atoms with Gasteiger partial charge in [0.15, 0.2) is 0 Å². The summed E-state index contributed by atoms with van der Waals surface area (Å²) in [6.45, 7) is 7.87. The molecule has 1 aliphatic rings. The predicted octanol–water partition coefficient (Wildman–Crippen LogP) is 1.20. The molecule has 4 N–H and O–H groups in total. The van der Waals surface area contributed by atoms with Gasteiger partial charge in [-0.1, -0.05) is 0 Å². The molecule has 6 nitrogen and oxygen atoms in total. The van der Waals surface area contributed by atoms with E-state index in [2.05, 4.69) is 4.98 Å². The third-order valence-electron chi connectivity index (χ3n) is 4.07. The highest BCUT2D eigenvalue weighted by Crippen LogP contribution is 2.39. The molecule has 0 aromatic carbocycles. The quantitative estimate of drug-likeness (QED) is 0.724. The summed E-state index contributed by atoms with van der Waals surface area (Å²) in [7, 11) is 0. The first-order valence-electron chi connectivity index (χ1n) is 7.06. The third kappa shape index (κ3) is 2.81. The molecule has 116 valence electrons. The molecular formula is C15H23N3O3. The van der Waals surface area contributed by atoms with Crippen molar-refractivity contribution in [1.82, 2.24) is 9.88 Å². The fourth-order valence-electron chi connectivity index (χ4n) is 3.66. The lowest BCUT2D eigenvalue weighted by Crippen LogP contribution is -2.65. The van der Waals surface area contributed by atoms with E-state index in [0.29, 0.717) is 12.8 Å². The minimum atomic E-state index is -0.441. The topological polar surface area (TPSA) is 99.4 Å². The molecule has 1 fully saturated rings. The van der Waals surface area contributed by atoms with E-state index in [0.717, 1.165) is 6.07 Å². The van der Waals surface area contributed by atoms with E-state index in [4.69, 9.17) is 5.73 Å². The Bertz CT molecular complexity index is 601. The number of pyridine rings is 1. The number of aromatic amines is 1. The Balaban J connectivity index is 2.47. The van der Waals surface area contributed by atoms with Gasteiger partial charge in [-0.3, -0.25) is 9.59 Å². The fraction of sp³-hybridized carbons (Fsp3) is 0.600. The molecule has 1 aromatic rings. The Labute approximate surface area is 124 Å². The molecular weight excluding hydrogens is 270 g/mol. The number of H-pyrrole nitrogens is 1. The van der Waals surface area contributed by atoms with Crippen LogP contribution in [0, 0.1) is 0 Å². The number of nitrogens with one attached hydrogen (secondary N) is 1. The predicted molar refractivity (Wildman–Crippen MR) is 80.3 cm³/mol. The van der Waals surface area contributed by atoms with Crippen molar-refractivity contribution in [2.45, 2.75) is 57.7 Å². The van der Waals surface area contributed by atoms with E-state index in [1.54, 1.807) is 4.90 Å². The van der Waals surface area contributed by atoms with Crippen molar-refractivity contribution >= 4 is 5.91 Å². The second-order valence-corrected chi connectivity index (χ2v) is 7.03. The Kier molecular flexibility index (Phi) is 3.61. The molecule has 1 aliphatic heterocycles. The maximum Gasteiger partial charge on any atom is 0.259 e. The Morgan fingerprint density at radius 1 is 1.33 bits per heavy atom.